The van der Waals surface area contributed by atoms with Crippen molar-refractivity contribution in [1.82, 2.24) is 9.88 Å². The molecule has 0 aromatic carbocycles. The molecular weight excluding hydrogens is 282 g/mol. The van der Waals surface area contributed by atoms with Gasteiger partial charge in [-0.25, -0.2) is 0 Å². The first-order chi connectivity index (χ1) is 9.36. The predicted octanol–water partition coefficient (Wildman–Crippen LogP) is 1.12. The number of amides is 1. The molecule has 3 N–H and O–H groups in total. The highest BCUT2D eigenvalue weighted by atomic mass is 35.5. The third-order valence-electron chi connectivity index (χ3n) is 2.80. The number of nitrogens with zero attached hydrogens (tertiary/aromatic N) is 1. The summed E-state index contributed by atoms with van der Waals surface area (Å²) in [5, 5.41) is 2.64. The van der Waals surface area contributed by atoms with Crippen LogP contribution in [0.4, 0.5) is 0 Å². The Morgan fingerprint density at radius 1 is 1.55 bits per heavy atom. The summed E-state index contributed by atoms with van der Waals surface area (Å²) >= 11 is 5.63. The predicted molar refractivity (Wildman–Crippen MR) is 77.1 cm³/mol. The maximum absolute atomic E-state index is 12.0. The van der Waals surface area contributed by atoms with Gasteiger partial charge in [0.05, 0.1) is 11.8 Å². The van der Waals surface area contributed by atoms with Crippen LogP contribution in [0, 0.1) is 6.92 Å². The highest BCUT2D eigenvalue weighted by molar-refractivity contribution is 6.30. The van der Waals surface area contributed by atoms with Crippen molar-refractivity contribution in [2.75, 3.05) is 13.2 Å². The number of halogens is 1. The summed E-state index contributed by atoms with van der Waals surface area (Å²) < 4.78 is 6.44. The van der Waals surface area contributed by atoms with E-state index < -0.39 is 5.97 Å². The lowest BCUT2D eigenvalue weighted by Crippen LogP contribution is -2.31. The molecule has 0 spiro atoms. The van der Waals surface area contributed by atoms with E-state index in [0.717, 1.165) is 11.3 Å². The molecule has 1 rings (SSSR count). The van der Waals surface area contributed by atoms with Crippen molar-refractivity contribution in [3.63, 3.8) is 0 Å². The largest absolute Gasteiger partial charge is 0.465 e. The number of ether oxygens (including phenoxy) is 1. The minimum atomic E-state index is -0.475. The zero-order chi connectivity index (χ0) is 15.3. The lowest BCUT2D eigenvalue weighted by molar-refractivity contribution is -0.141. The van der Waals surface area contributed by atoms with Crippen molar-refractivity contribution >= 4 is 29.6 Å². The van der Waals surface area contributed by atoms with Gasteiger partial charge in [0.2, 0.25) is 0 Å². The summed E-state index contributed by atoms with van der Waals surface area (Å²) in [6, 6.07) is 1.66. The number of esters is 1. The number of hydrogen-bond acceptors (Lipinski definition) is 4. The average Bonchev–Trinajstić information content (AvgIpc) is 2.64. The molecule has 0 fully saturated rings. The SMILES string of the molecule is CCOC(=O)CNC(=O)c1cc(/C=C(\N)Cl)c(C)n1C. The Kier molecular flexibility index (Phi) is 5.64. The normalized spacial score (nSPS) is 11.3. The molecule has 0 aliphatic rings. The molecule has 0 unspecified atom stereocenters. The van der Waals surface area contributed by atoms with Crippen LogP contribution in [-0.2, 0) is 16.6 Å². The first kappa shape index (κ1) is 16.1. The minimum Gasteiger partial charge on any atom is -0.465 e. The van der Waals surface area contributed by atoms with Crippen LogP contribution in [0.2, 0.25) is 0 Å². The van der Waals surface area contributed by atoms with E-state index in [0.29, 0.717) is 5.69 Å². The summed E-state index contributed by atoms with van der Waals surface area (Å²) in [5.41, 5.74) is 7.42. The summed E-state index contributed by atoms with van der Waals surface area (Å²) in [4.78, 5) is 23.2. The standard InChI is InChI=1S/C13H18ClN3O3/c1-4-20-12(18)7-16-13(19)10-5-9(6-11(14)15)8(2)17(10)3/h5-6H,4,7,15H2,1-3H3,(H,16,19)/b11-6-. The maximum Gasteiger partial charge on any atom is 0.325 e. The molecule has 0 bridgehead atoms. The molecule has 0 aliphatic carbocycles. The van der Waals surface area contributed by atoms with E-state index in [1.807, 2.05) is 6.92 Å². The Bertz CT molecular complexity index is 545. The smallest absolute Gasteiger partial charge is 0.325 e. The second kappa shape index (κ2) is 7.00. The Morgan fingerprint density at radius 2 is 2.20 bits per heavy atom. The molecule has 7 heteroatoms. The van der Waals surface area contributed by atoms with Gasteiger partial charge >= 0.3 is 5.97 Å². The van der Waals surface area contributed by atoms with Crippen LogP contribution in [0.1, 0.15) is 28.7 Å². The molecule has 20 heavy (non-hydrogen) atoms. The van der Waals surface area contributed by atoms with Crippen molar-refractivity contribution in [3.8, 4) is 0 Å². The first-order valence-corrected chi connectivity index (χ1v) is 6.47. The third kappa shape index (κ3) is 4.03. The summed E-state index contributed by atoms with van der Waals surface area (Å²) in [7, 11) is 1.75. The van der Waals surface area contributed by atoms with Gasteiger partial charge in [-0.05, 0) is 31.6 Å². The Morgan fingerprint density at radius 3 is 2.75 bits per heavy atom. The molecule has 110 valence electrons. The lowest BCUT2D eigenvalue weighted by Gasteiger charge is -2.06. The van der Waals surface area contributed by atoms with E-state index in [1.165, 1.54) is 0 Å². The van der Waals surface area contributed by atoms with E-state index in [9.17, 15) is 9.59 Å². The number of nitrogens with two attached hydrogens (primary N) is 1. The molecule has 1 amide bonds. The topological polar surface area (TPSA) is 86.3 Å². The van der Waals surface area contributed by atoms with Crippen molar-refractivity contribution in [1.29, 1.82) is 0 Å². The van der Waals surface area contributed by atoms with E-state index >= 15 is 0 Å². The van der Waals surface area contributed by atoms with Gasteiger partial charge in [-0.1, -0.05) is 11.6 Å². The van der Waals surface area contributed by atoms with Crippen molar-refractivity contribution in [2.24, 2.45) is 12.8 Å². The molecular formula is C13H18ClN3O3. The Balaban J connectivity index is 2.84. The Labute approximate surface area is 122 Å². The fourth-order valence-electron chi connectivity index (χ4n) is 1.69. The van der Waals surface area contributed by atoms with Gasteiger partial charge in [0, 0.05) is 12.7 Å². The molecule has 6 nitrogen and oxygen atoms in total. The molecule has 1 aromatic heterocycles. The van der Waals surface area contributed by atoms with E-state index in [1.54, 1.807) is 30.7 Å². The van der Waals surface area contributed by atoms with E-state index in [4.69, 9.17) is 22.1 Å². The zero-order valence-electron chi connectivity index (χ0n) is 11.7. The molecule has 0 aliphatic heterocycles. The van der Waals surface area contributed by atoms with Crippen molar-refractivity contribution < 1.29 is 14.3 Å². The number of carbonyl (C=O) groups is 2. The molecule has 0 radical (unpaired) electrons. The van der Waals surface area contributed by atoms with Crippen LogP contribution in [0.15, 0.2) is 11.2 Å². The molecule has 0 atom stereocenters. The van der Waals surface area contributed by atoms with Gasteiger partial charge in [-0.15, -0.1) is 0 Å². The second-order valence-electron chi connectivity index (χ2n) is 4.15. The van der Waals surface area contributed by atoms with Gasteiger partial charge < -0.3 is 20.4 Å². The summed E-state index contributed by atoms with van der Waals surface area (Å²) in [5.74, 6) is -0.839. The zero-order valence-corrected chi connectivity index (χ0v) is 12.5. The number of carbonyl (C=O) groups excluding carboxylic acids is 2. The van der Waals surface area contributed by atoms with Crippen LogP contribution in [-0.4, -0.2) is 29.6 Å². The van der Waals surface area contributed by atoms with Gasteiger partial charge in [-0.3, -0.25) is 9.59 Å². The van der Waals surface area contributed by atoms with E-state index in [-0.39, 0.29) is 24.2 Å². The van der Waals surface area contributed by atoms with Crippen LogP contribution < -0.4 is 11.1 Å². The second-order valence-corrected chi connectivity index (χ2v) is 4.58. The van der Waals surface area contributed by atoms with Gasteiger partial charge in [0.15, 0.2) is 0 Å². The van der Waals surface area contributed by atoms with E-state index in [2.05, 4.69) is 5.32 Å². The minimum absolute atomic E-state index is 0.136. The fraction of sp³-hybridized carbons (Fsp3) is 0.385. The highest BCUT2D eigenvalue weighted by Crippen LogP contribution is 2.17. The molecule has 1 aromatic rings. The number of nitrogens with one attached hydrogen (secondary N) is 1. The van der Waals surface area contributed by atoms with Crippen molar-refractivity contribution in [2.45, 2.75) is 13.8 Å². The Hall–Kier alpha value is -1.95. The van der Waals surface area contributed by atoms with Gasteiger partial charge in [0.25, 0.3) is 5.91 Å². The number of rotatable bonds is 5. The summed E-state index contributed by atoms with van der Waals surface area (Å²) in [6.07, 6.45) is 1.57. The third-order valence-corrected chi connectivity index (χ3v) is 2.91. The number of hydrogen-bond donors (Lipinski definition) is 2. The molecule has 1 heterocycles. The summed E-state index contributed by atoms with van der Waals surface area (Å²) in [6.45, 7) is 3.66. The molecule has 0 saturated heterocycles. The fourth-order valence-corrected chi connectivity index (χ4v) is 1.81. The van der Waals surface area contributed by atoms with Gasteiger partial charge in [-0.2, -0.15) is 0 Å². The van der Waals surface area contributed by atoms with Crippen LogP contribution >= 0.6 is 11.6 Å². The van der Waals surface area contributed by atoms with Crippen LogP contribution in [0.5, 0.6) is 0 Å². The number of aromatic nitrogens is 1. The lowest BCUT2D eigenvalue weighted by atomic mass is 10.2. The van der Waals surface area contributed by atoms with Gasteiger partial charge in [0.1, 0.15) is 12.2 Å². The first-order valence-electron chi connectivity index (χ1n) is 6.09. The van der Waals surface area contributed by atoms with Crippen molar-refractivity contribution in [3.05, 3.63) is 28.2 Å². The average molecular weight is 300 g/mol. The monoisotopic (exact) mass is 299 g/mol. The van der Waals surface area contributed by atoms with Crippen LogP contribution in [0.3, 0.4) is 0 Å². The quantitative estimate of drug-likeness (QED) is 0.630. The van der Waals surface area contributed by atoms with Crippen LogP contribution in [0.25, 0.3) is 6.08 Å². The molecule has 0 saturated carbocycles. The highest BCUT2D eigenvalue weighted by Gasteiger charge is 2.15. The maximum atomic E-state index is 12.0.